The van der Waals surface area contributed by atoms with Crippen LogP contribution in [0, 0.1) is 6.92 Å². The van der Waals surface area contributed by atoms with E-state index in [0.717, 1.165) is 27.7 Å². The monoisotopic (exact) mass is 518 g/mol. The van der Waals surface area contributed by atoms with Gasteiger partial charge < -0.3 is 4.90 Å². The van der Waals surface area contributed by atoms with Gasteiger partial charge in [0.05, 0.1) is 10.4 Å². The molecular formula is C26H23ClN6O2S. The normalized spacial score (nSPS) is 15.1. The summed E-state index contributed by atoms with van der Waals surface area (Å²) in [4.78, 5) is 7.33. The third kappa shape index (κ3) is 3.89. The van der Waals surface area contributed by atoms with Crippen molar-refractivity contribution in [1.29, 1.82) is 0 Å². The van der Waals surface area contributed by atoms with Gasteiger partial charge in [0.25, 0.3) is 0 Å². The molecule has 1 saturated heterocycles. The van der Waals surface area contributed by atoms with Gasteiger partial charge in [-0.05, 0) is 43.3 Å². The van der Waals surface area contributed by atoms with Crippen LogP contribution in [0.25, 0.3) is 27.9 Å². The van der Waals surface area contributed by atoms with E-state index < -0.39 is 10.0 Å². The third-order valence-electron chi connectivity index (χ3n) is 6.51. The predicted molar refractivity (Wildman–Crippen MR) is 141 cm³/mol. The van der Waals surface area contributed by atoms with Gasteiger partial charge in [-0.15, -0.1) is 10.2 Å². The van der Waals surface area contributed by atoms with Crippen molar-refractivity contribution >= 4 is 44.1 Å². The van der Waals surface area contributed by atoms with Gasteiger partial charge in [0.1, 0.15) is 0 Å². The number of fused-ring (bicyclic) bond motifs is 3. The molecule has 36 heavy (non-hydrogen) atoms. The highest BCUT2D eigenvalue weighted by Gasteiger charge is 2.30. The number of aryl methyl sites for hydroxylation is 1. The number of benzene rings is 3. The second kappa shape index (κ2) is 8.85. The average Bonchev–Trinajstić information content (AvgIpc) is 3.35. The van der Waals surface area contributed by atoms with Gasteiger partial charge in [0.15, 0.2) is 11.5 Å². The zero-order valence-electron chi connectivity index (χ0n) is 19.5. The summed E-state index contributed by atoms with van der Waals surface area (Å²) in [6.45, 7) is 3.69. The Balaban J connectivity index is 1.39. The molecular weight excluding hydrogens is 496 g/mol. The van der Waals surface area contributed by atoms with E-state index in [1.54, 1.807) is 24.3 Å². The second-order valence-corrected chi connectivity index (χ2v) is 11.2. The topological polar surface area (TPSA) is 83.7 Å². The van der Waals surface area contributed by atoms with Gasteiger partial charge in [-0.3, -0.25) is 0 Å². The molecule has 3 heterocycles. The number of sulfonamides is 1. The van der Waals surface area contributed by atoms with Crippen LogP contribution in [0.3, 0.4) is 0 Å². The first-order valence-corrected chi connectivity index (χ1v) is 13.5. The number of hydrogen-bond donors (Lipinski definition) is 0. The Bertz CT molecular complexity index is 1680. The molecule has 0 N–H and O–H groups in total. The Labute approximate surface area is 213 Å². The highest BCUT2D eigenvalue weighted by molar-refractivity contribution is 7.89. The first-order valence-electron chi connectivity index (χ1n) is 11.6. The van der Waals surface area contributed by atoms with E-state index in [1.165, 1.54) is 4.31 Å². The fourth-order valence-electron chi connectivity index (χ4n) is 4.55. The van der Waals surface area contributed by atoms with E-state index >= 15 is 0 Å². The molecule has 8 nitrogen and oxygen atoms in total. The predicted octanol–water partition coefficient (Wildman–Crippen LogP) is 4.42. The highest BCUT2D eigenvalue weighted by Crippen LogP contribution is 2.30. The van der Waals surface area contributed by atoms with Crippen LogP contribution in [0.1, 0.15) is 5.56 Å². The molecule has 182 valence electrons. The largest absolute Gasteiger partial charge is 0.339 e. The molecule has 0 bridgehead atoms. The summed E-state index contributed by atoms with van der Waals surface area (Å²) < 4.78 is 29.8. The molecule has 1 aliphatic rings. The summed E-state index contributed by atoms with van der Waals surface area (Å²) in [7, 11) is -3.61. The van der Waals surface area contributed by atoms with Crippen LogP contribution >= 0.6 is 11.6 Å². The number of anilines is 1. The second-order valence-electron chi connectivity index (χ2n) is 8.82. The fraction of sp³-hybridized carbons (Fsp3) is 0.192. The van der Waals surface area contributed by atoms with Gasteiger partial charge in [-0.2, -0.15) is 4.31 Å². The van der Waals surface area contributed by atoms with Crippen molar-refractivity contribution in [2.24, 2.45) is 0 Å². The zero-order valence-corrected chi connectivity index (χ0v) is 21.1. The molecule has 10 heteroatoms. The van der Waals surface area contributed by atoms with E-state index in [-0.39, 0.29) is 4.90 Å². The molecule has 1 fully saturated rings. The molecule has 0 unspecified atom stereocenters. The molecule has 3 aromatic carbocycles. The van der Waals surface area contributed by atoms with Crippen LogP contribution in [0.15, 0.2) is 77.7 Å². The number of rotatable bonds is 4. The minimum Gasteiger partial charge on any atom is -0.339 e. The van der Waals surface area contributed by atoms with Gasteiger partial charge in [0.2, 0.25) is 16.0 Å². The molecule has 5 aromatic rings. The summed E-state index contributed by atoms with van der Waals surface area (Å²) in [6, 6.07) is 22.3. The van der Waals surface area contributed by atoms with Crippen molar-refractivity contribution in [3.05, 3.63) is 83.4 Å². The van der Waals surface area contributed by atoms with E-state index in [1.807, 2.05) is 59.9 Å². The molecule has 0 radical (unpaired) electrons. The smallest absolute Gasteiger partial charge is 0.243 e. The maximum absolute atomic E-state index is 13.2. The van der Waals surface area contributed by atoms with Crippen molar-refractivity contribution in [1.82, 2.24) is 23.9 Å². The Morgan fingerprint density at radius 3 is 2.25 bits per heavy atom. The SMILES string of the molecule is Cc1ccc(-c2nnc3c4ccccc4nc(N4CCN(S(=O)(=O)c5ccc(Cl)cc5)CC4)n23)cc1. The van der Waals surface area contributed by atoms with E-state index in [2.05, 4.69) is 15.1 Å². The molecule has 1 aliphatic heterocycles. The average molecular weight is 519 g/mol. The molecule has 0 atom stereocenters. The first-order chi connectivity index (χ1) is 17.4. The van der Waals surface area contributed by atoms with Crippen LogP contribution in [0.2, 0.25) is 5.02 Å². The lowest BCUT2D eigenvalue weighted by molar-refractivity contribution is 0.382. The summed E-state index contributed by atoms with van der Waals surface area (Å²) in [6.07, 6.45) is 0. The Morgan fingerprint density at radius 2 is 1.53 bits per heavy atom. The van der Waals surface area contributed by atoms with Gasteiger partial charge in [-0.25, -0.2) is 17.8 Å². The van der Waals surface area contributed by atoms with Crippen LogP contribution in [0.4, 0.5) is 5.95 Å². The van der Waals surface area contributed by atoms with Gasteiger partial charge >= 0.3 is 0 Å². The lowest BCUT2D eigenvalue weighted by Crippen LogP contribution is -2.49. The highest BCUT2D eigenvalue weighted by atomic mass is 35.5. The van der Waals surface area contributed by atoms with Crippen LogP contribution < -0.4 is 4.90 Å². The van der Waals surface area contributed by atoms with Gasteiger partial charge in [0, 0.05) is 42.2 Å². The number of nitrogens with zero attached hydrogens (tertiary/aromatic N) is 6. The molecule has 0 saturated carbocycles. The van der Waals surface area contributed by atoms with E-state index in [4.69, 9.17) is 16.6 Å². The molecule has 6 rings (SSSR count). The van der Waals surface area contributed by atoms with Crippen molar-refractivity contribution in [3.8, 4) is 11.4 Å². The van der Waals surface area contributed by atoms with E-state index in [9.17, 15) is 8.42 Å². The number of para-hydroxylation sites is 1. The number of piperazine rings is 1. The Kier molecular flexibility index (Phi) is 5.63. The van der Waals surface area contributed by atoms with Crippen molar-refractivity contribution in [2.45, 2.75) is 11.8 Å². The maximum atomic E-state index is 13.2. The zero-order chi connectivity index (χ0) is 24.9. The Hall–Kier alpha value is -3.53. The lowest BCUT2D eigenvalue weighted by Gasteiger charge is -2.35. The summed E-state index contributed by atoms with van der Waals surface area (Å²) in [5.41, 5.74) is 3.64. The molecule has 0 aliphatic carbocycles. The fourth-order valence-corrected chi connectivity index (χ4v) is 6.10. The van der Waals surface area contributed by atoms with Gasteiger partial charge in [-0.1, -0.05) is 53.6 Å². The quantitative estimate of drug-likeness (QED) is 0.350. The minimum atomic E-state index is -3.61. The molecule has 0 spiro atoms. The minimum absolute atomic E-state index is 0.243. The maximum Gasteiger partial charge on any atom is 0.243 e. The van der Waals surface area contributed by atoms with E-state index in [0.29, 0.717) is 43.0 Å². The number of halogens is 1. The summed E-state index contributed by atoms with van der Waals surface area (Å²) in [5, 5.41) is 10.5. The lowest BCUT2D eigenvalue weighted by atomic mass is 10.1. The van der Waals surface area contributed by atoms with Crippen molar-refractivity contribution < 1.29 is 8.42 Å². The first kappa shape index (κ1) is 22.9. The standard InChI is InChI=1S/C26H23ClN6O2S/c1-18-6-8-19(9-7-18)24-29-30-25-22-4-2-3-5-23(22)28-26(33(24)25)31-14-16-32(17-15-31)36(34,35)21-12-10-20(27)11-13-21/h2-13H,14-17H2,1H3. The van der Waals surface area contributed by atoms with Crippen molar-refractivity contribution in [2.75, 3.05) is 31.1 Å². The Morgan fingerprint density at radius 1 is 0.833 bits per heavy atom. The summed E-state index contributed by atoms with van der Waals surface area (Å²) >= 11 is 5.94. The summed E-state index contributed by atoms with van der Waals surface area (Å²) in [5.74, 6) is 1.40. The van der Waals surface area contributed by atoms with Crippen LogP contribution in [-0.2, 0) is 10.0 Å². The number of aromatic nitrogens is 4. The molecule has 0 amide bonds. The van der Waals surface area contributed by atoms with Crippen LogP contribution in [0.5, 0.6) is 0 Å². The third-order valence-corrected chi connectivity index (χ3v) is 8.68. The molecule has 2 aromatic heterocycles. The van der Waals surface area contributed by atoms with Crippen molar-refractivity contribution in [3.63, 3.8) is 0 Å². The number of hydrogen-bond acceptors (Lipinski definition) is 6. The van der Waals surface area contributed by atoms with Crippen LogP contribution in [-0.4, -0.2) is 58.5 Å².